The second kappa shape index (κ2) is 5.37. The molecule has 4 bridgehead atoms. The minimum absolute atomic E-state index is 0.161. The van der Waals surface area contributed by atoms with Crippen molar-refractivity contribution in [1.29, 1.82) is 0 Å². The number of fused-ring (bicyclic) bond motifs is 4. The van der Waals surface area contributed by atoms with Crippen LogP contribution in [0.5, 0.6) is 0 Å². The Balaban J connectivity index is 1.33. The van der Waals surface area contributed by atoms with Crippen molar-refractivity contribution < 1.29 is 28.9 Å². The number of aliphatic hydroxyl groups is 1. The highest BCUT2D eigenvalue weighted by atomic mass is 16.7. The van der Waals surface area contributed by atoms with Crippen LogP contribution in [0.2, 0.25) is 0 Å². The third-order valence-electron chi connectivity index (χ3n) is 5.75. The summed E-state index contributed by atoms with van der Waals surface area (Å²) in [4.78, 5) is 5.85. The average molecular weight is 315 g/mol. The maximum absolute atomic E-state index is 10.2. The molecule has 0 spiro atoms. The van der Waals surface area contributed by atoms with Crippen LogP contribution in [-0.2, 0) is 23.8 Å². The molecular weight excluding hydrogens is 290 g/mol. The number of rotatable bonds is 6. The monoisotopic (exact) mass is 315 g/mol. The molecule has 22 heavy (non-hydrogen) atoms. The van der Waals surface area contributed by atoms with Gasteiger partial charge in [-0.3, -0.25) is 4.84 Å². The molecule has 0 aromatic carbocycles. The highest BCUT2D eigenvalue weighted by molar-refractivity contribution is 5.04. The van der Waals surface area contributed by atoms with E-state index in [9.17, 15) is 5.11 Å². The molecule has 0 saturated carbocycles. The highest BCUT2D eigenvalue weighted by Gasteiger charge is 2.58. The maximum atomic E-state index is 10.2. The van der Waals surface area contributed by atoms with E-state index in [0.29, 0.717) is 39.0 Å². The molecule has 4 fully saturated rings. The van der Waals surface area contributed by atoms with Crippen LogP contribution in [0.15, 0.2) is 0 Å². The van der Waals surface area contributed by atoms with Crippen molar-refractivity contribution in [2.24, 2.45) is 5.92 Å². The first kappa shape index (κ1) is 15.3. The minimum atomic E-state index is -0.705. The molecule has 4 rings (SSSR count). The summed E-state index contributed by atoms with van der Waals surface area (Å²) in [6.45, 7) is 5.38. The Labute approximate surface area is 130 Å². The van der Waals surface area contributed by atoms with Crippen LogP contribution in [0.25, 0.3) is 0 Å². The Morgan fingerprint density at radius 2 is 1.82 bits per heavy atom. The van der Waals surface area contributed by atoms with Gasteiger partial charge in [-0.05, 0) is 6.42 Å². The predicted molar refractivity (Wildman–Crippen MR) is 75.2 cm³/mol. The SMILES string of the molecule is CC[C@@]12CO[C@@H](CO1)[C@@H]2CN(C)OC[C@@]12CO[C@@H](CO1)[C@@H]2O. The van der Waals surface area contributed by atoms with Gasteiger partial charge in [0.05, 0.1) is 38.1 Å². The van der Waals surface area contributed by atoms with Crippen molar-refractivity contribution in [3.05, 3.63) is 0 Å². The number of hydrogen-bond donors (Lipinski definition) is 1. The molecule has 0 radical (unpaired) electrons. The molecule has 7 nitrogen and oxygen atoms in total. The third-order valence-corrected chi connectivity index (χ3v) is 5.75. The lowest BCUT2D eigenvalue weighted by molar-refractivity contribution is -0.218. The first-order valence-corrected chi connectivity index (χ1v) is 8.12. The zero-order chi connectivity index (χ0) is 15.4. The van der Waals surface area contributed by atoms with Crippen molar-refractivity contribution in [1.82, 2.24) is 5.06 Å². The molecule has 0 aromatic rings. The van der Waals surface area contributed by atoms with Crippen LogP contribution in [0.3, 0.4) is 0 Å². The lowest BCUT2D eigenvalue weighted by atomic mass is 9.87. The van der Waals surface area contributed by atoms with Gasteiger partial charge in [0.1, 0.15) is 24.4 Å². The van der Waals surface area contributed by atoms with Crippen LogP contribution in [-0.4, -0.2) is 86.3 Å². The van der Waals surface area contributed by atoms with Gasteiger partial charge in [0.2, 0.25) is 0 Å². The molecule has 0 aromatic heterocycles. The standard InChI is InChI=1S/C15H25NO6/c1-3-14-7-18-11(5-20-14)10(14)4-16(2)22-9-15-8-19-12(6-21-15)13(15)17/h10-13,17H,3-9H2,1-2H3/t10-,11-,12-,13-,14-,15+/m0/s1. The maximum Gasteiger partial charge on any atom is 0.145 e. The van der Waals surface area contributed by atoms with E-state index in [4.69, 9.17) is 23.8 Å². The predicted octanol–water partition coefficient (Wildman–Crippen LogP) is -0.427. The summed E-state index contributed by atoms with van der Waals surface area (Å²) >= 11 is 0. The Morgan fingerprint density at radius 3 is 2.36 bits per heavy atom. The highest BCUT2D eigenvalue weighted by Crippen LogP contribution is 2.43. The van der Waals surface area contributed by atoms with Crippen molar-refractivity contribution in [2.75, 3.05) is 46.6 Å². The molecule has 4 heterocycles. The second-order valence-electron chi connectivity index (χ2n) is 6.94. The van der Waals surface area contributed by atoms with Crippen LogP contribution in [0.4, 0.5) is 0 Å². The van der Waals surface area contributed by atoms with E-state index < -0.39 is 11.7 Å². The molecule has 0 amide bonds. The molecular formula is C15H25NO6. The normalized spacial score (nSPS) is 49.6. The van der Waals surface area contributed by atoms with E-state index in [0.717, 1.165) is 13.0 Å². The van der Waals surface area contributed by atoms with Crippen LogP contribution >= 0.6 is 0 Å². The molecule has 4 saturated heterocycles. The topological polar surface area (TPSA) is 69.6 Å². The van der Waals surface area contributed by atoms with Gasteiger partial charge in [-0.25, -0.2) is 0 Å². The summed E-state index contributed by atoms with van der Waals surface area (Å²) in [5.74, 6) is 0.321. The van der Waals surface area contributed by atoms with E-state index in [2.05, 4.69) is 6.92 Å². The molecule has 4 aliphatic rings. The number of hydrogen-bond acceptors (Lipinski definition) is 7. The summed E-state index contributed by atoms with van der Waals surface area (Å²) in [7, 11) is 1.91. The molecule has 1 N–H and O–H groups in total. The number of nitrogens with zero attached hydrogens (tertiary/aromatic N) is 1. The summed E-state index contributed by atoms with van der Waals surface area (Å²) in [5.41, 5.74) is -0.867. The van der Waals surface area contributed by atoms with Gasteiger partial charge in [-0.1, -0.05) is 6.92 Å². The van der Waals surface area contributed by atoms with Crippen molar-refractivity contribution >= 4 is 0 Å². The first-order chi connectivity index (χ1) is 10.6. The minimum Gasteiger partial charge on any atom is -0.387 e. The third kappa shape index (κ3) is 2.15. The molecule has 0 unspecified atom stereocenters. The Kier molecular flexibility index (Phi) is 3.73. The van der Waals surface area contributed by atoms with Gasteiger partial charge >= 0.3 is 0 Å². The van der Waals surface area contributed by atoms with Gasteiger partial charge in [-0.2, -0.15) is 5.06 Å². The zero-order valence-electron chi connectivity index (χ0n) is 13.2. The fourth-order valence-electron chi connectivity index (χ4n) is 4.12. The van der Waals surface area contributed by atoms with Gasteiger partial charge in [0.15, 0.2) is 0 Å². The zero-order valence-corrected chi connectivity index (χ0v) is 13.2. The fraction of sp³-hybridized carbons (Fsp3) is 1.00. The molecule has 4 aliphatic heterocycles. The van der Waals surface area contributed by atoms with Crippen LogP contribution in [0.1, 0.15) is 13.3 Å². The van der Waals surface area contributed by atoms with Gasteiger partial charge in [-0.15, -0.1) is 0 Å². The van der Waals surface area contributed by atoms with Gasteiger partial charge in [0.25, 0.3) is 0 Å². The van der Waals surface area contributed by atoms with E-state index in [-0.39, 0.29) is 17.8 Å². The Morgan fingerprint density at radius 1 is 1.14 bits per heavy atom. The van der Waals surface area contributed by atoms with Crippen LogP contribution in [0, 0.1) is 5.92 Å². The van der Waals surface area contributed by atoms with Crippen molar-refractivity contribution in [3.8, 4) is 0 Å². The quantitative estimate of drug-likeness (QED) is 0.667. The van der Waals surface area contributed by atoms with Crippen LogP contribution < -0.4 is 0 Å². The van der Waals surface area contributed by atoms with E-state index >= 15 is 0 Å². The fourth-order valence-corrected chi connectivity index (χ4v) is 4.12. The van der Waals surface area contributed by atoms with E-state index in [1.807, 2.05) is 12.1 Å². The smallest absolute Gasteiger partial charge is 0.145 e. The van der Waals surface area contributed by atoms with Crippen molar-refractivity contribution in [2.45, 2.75) is 42.9 Å². The second-order valence-corrected chi connectivity index (χ2v) is 6.94. The molecule has 7 heteroatoms. The van der Waals surface area contributed by atoms with E-state index in [1.165, 1.54) is 0 Å². The molecule has 0 aliphatic carbocycles. The number of ether oxygens (including phenoxy) is 4. The summed E-state index contributed by atoms with van der Waals surface area (Å²) in [6.07, 6.45) is 0.308. The summed E-state index contributed by atoms with van der Waals surface area (Å²) in [5, 5.41) is 12.0. The first-order valence-electron chi connectivity index (χ1n) is 8.12. The Hall–Kier alpha value is -0.280. The lowest BCUT2D eigenvalue weighted by Crippen LogP contribution is -2.47. The summed E-state index contributed by atoms with van der Waals surface area (Å²) < 4.78 is 23.0. The van der Waals surface area contributed by atoms with Gasteiger partial charge < -0.3 is 24.1 Å². The van der Waals surface area contributed by atoms with Gasteiger partial charge in [0, 0.05) is 19.5 Å². The molecule has 126 valence electrons. The largest absolute Gasteiger partial charge is 0.387 e. The van der Waals surface area contributed by atoms with E-state index in [1.54, 1.807) is 0 Å². The van der Waals surface area contributed by atoms with Crippen molar-refractivity contribution in [3.63, 3.8) is 0 Å². The number of aliphatic hydroxyl groups excluding tert-OH is 1. The average Bonchev–Trinajstić information content (AvgIpc) is 3.25. The Bertz CT molecular complexity index is 416. The summed E-state index contributed by atoms with van der Waals surface area (Å²) in [6, 6.07) is 0. The lowest BCUT2D eigenvalue weighted by Gasteiger charge is -2.32. The molecule has 6 atom stereocenters. The number of hydroxylamine groups is 2.